The number of benzene rings is 1. The van der Waals surface area contributed by atoms with E-state index in [-0.39, 0.29) is 22.2 Å². The maximum Gasteiger partial charge on any atom is 0.325 e. The first-order valence-corrected chi connectivity index (χ1v) is 6.40. The van der Waals surface area contributed by atoms with Crippen LogP contribution >= 0.6 is 23.2 Å². The summed E-state index contributed by atoms with van der Waals surface area (Å²) in [7, 11) is 0. The zero-order valence-electron chi connectivity index (χ0n) is 10.9. The molecule has 0 aliphatic rings. The number of halogens is 2. The average Bonchev–Trinajstić information content (AvgIpc) is 2.27. The van der Waals surface area contributed by atoms with Gasteiger partial charge in [0.15, 0.2) is 0 Å². The van der Waals surface area contributed by atoms with Crippen molar-refractivity contribution < 1.29 is 14.3 Å². The van der Waals surface area contributed by atoms with Crippen LogP contribution in [0.5, 0.6) is 0 Å². The van der Waals surface area contributed by atoms with Gasteiger partial charge in [-0.25, -0.2) is 0 Å². The lowest BCUT2D eigenvalue weighted by Gasteiger charge is -2.19. The summed E-state index contributed by atoms with van der Waals surface area (Å²) in [5.74, 6) is -0.989. The lowest BCUT2D eigenvalue weighted by molar-refractivity contribution is -0.153. The molecule has 0 aromatic heterocycles. The highest BCUT2D eigenvalue weighted by atomic mass is 35.5. The number of carbonyl (C=O) groups is 2. The molecule has 4 nitrogen and oxygen atoms in total. The minimum atomic E-state index is -0.588. The second-order valence-corrected chi connectivity index (χ2v) is 5.66. The van der Waals surface area contributed by atoms with Crippen LogP contribution in [0, 0.1) is 0 Å². The van der Waals surface area contributed by atoms with Gasteiger partial charge in [-0.3, -0.25) is 9.59 Å². The number of carbonyl (C=O) groups excluding carboxylic acids is 2. The van der Waals surface area contributed by atoms with Crippen LogP contribution in [0.15, 0.2) is 18.2 Å². The van der Waals surface area contributed by atoms with Gasteiger partial charge in [0.1, 0.15) is 12.1 Å². The first kappa shape index (κ1) is 15.8. The van der Waals surface area contributed by atoms with Crippen molar-refractivity contribution in [1.29, 1.82) is 0 Å². The van der Waals surface area contributed by atoms with Gasteiger partial charge in [0.05, 0.1) is 15.6 Å². The van der Waals surface area contributed by atoms with Gasteiger partial charge in [-0.2, -0.15) is 0 Å². The molecule has 0 heterocycles. The summed E-state index contributed by atoms with van der Waals surface area (Å²) in [6, 6.07) is 4.71. The number of rotatable bonds is 3. The molecule has 0 aliphatic heterocycles. The normalized spacial score (nSPS) is 11.0. The minimum absolute atomic E-state index is 0.158. The van der Waals surface area contributed by atoms with Crippen LogP contribution in [0.25, 0.3) is 0 Å². The maximum absolute atomic E-state index is 11.8. The number of hydrogen-bond acceptors (Lipinski definition) is 3. The lowest BCUT2D eigenvalue weighted by atomic mass is 10.2. The van der Waals surface area contributed by atoms with Crippen molar-refractivity contribution >= 4 is 35.1 Å². The predicted molar refractivity (Wildman–Crippen MR) is 74.6 cm³/mol. The summed E-state index contributed by atoms with van der Waals surface area (Å²) in [5.41, 5.74) is -0.368. The van der Waals surface area contributed by atoms with E-state index in [1.54, 1.807) is 32.9 Å². The van der Waals surface area contributed by atoms with Crippen molar-refractivity contribution in [2.45, 2.75) is 26.4 Å². The number of ether oxygens (including phenoxy) is 1. The van der Waals surface area contributed by atoms with Crippen LogP contribution in [0.4, 0.5) is 0 Å². The second kappa shape index (κ2) is 6.26. The van der Waals surface area contributed by atoms with Crippen molar-refractivity contribution in [1.82, 2.24) is 5.32 Å². The molecule has 0 unspecified atom stereocenters. The van der Waals surface area contributed by atoms with Gasteiger partial charge in [0, 0.05) is 0 Å². The van der Waals surface area contributed by atoms with E-state index in [0.29, 0.717) is 0 Å². The first-order chi connectivity index (χ1) is 8.70. The second-order valence-electron chi connectivity index (χ2n) is 4.87. The molecule has 19 heavy (non-hydrogen) atoms. The molecule has 1 rings (SSSR count). The monoisotopic (exact) mass is 303 g/mol. The SMILES string of the molecule is CC(C)(C)OC(=O)CNC(=O)c1cccc(Cl)c1Cl. The van der Waals surface area contributed by atoms with Crippen molar-refractivity contribution in [2.75, 3.05) is 6.54 Å². The van der Waals surface area contributed by atoms with E-state index in [9.17, 15) is 9.59 Å². The van der Waals surface area contributed by atoms with Gasteiger partial charge in [0.2, 0.25) is 0 Å². The zero-order chi connectivity index (χ0) is 14.6. The Hall–Kier alpha value is -1.26. The standard InChI is InChI=1S/C13H15Cl2NO3/c1-13(2,3)19-10(17)7-16-12(18)8-5-4-6-9(14)11(8)15/h4-6H,7H2,1-3H3,(H,16,18). The maximum atomic E-state index is 11.8. The van der Waals surface area contributed by atoms with Gasteiger partial charge >= 0.3 is 5.97 Å². The number of amides is 1. The highest BCUT2D eigenvalue weighted by molar-refractivity contribution is 6.43. The van der Waals surface area contributed by atoms with Crippen molar-refractivity contribution in [3.8, 4) is 0 Å². The van der Waals surface area contributed by atoms with Gasteiger partial charge in [0.25, 0.3) is 5.91 Å². The molecule has 0 radical (unpaired) electrons. The van der Waals surface area contributed by atoms with Crippen molar-refractivity contribution in [2.24, 2.45) is 0 Å². The van der Waals surface area contributed by atoms with Crippen molar-refractivity contribution in [3.05, 3.63) is 33.8 Å². The average molecular weight is 304 g/mol. The quantitative estimate of drug-likeness (QED) is 0.873. The largest absolute Gasteiger partial charge is 0.459 e. The molecule has 1 aromatic carbocycles. The number of hydrogen-bond donors (Lipinski definition) is 1. The summed E-state index contributed by atoms with van der Waals surface area (Å²) in [5, 5.41) is 2.87. The van der Waals surface area contributed by atoms with Crippen LogP contribution in [0.2, 0.25) is 10.0 Å². The Kier molecular flexibility index (Phi) is 5.20. The van der Waals surface area contributed by atoms with E-state index < -0.39 is 17.5 Å². The van der Waals surface area contributed by atoms with Gasteiger partial charge in [-0.15, -0.1) is 0 Å². The topological polar surface area (TPSA) is 55.4 Å². The molecule has 0 saturated carbocycles. The van der Waals surface area contributed by atoms with E-state index in [4.69, 9.17) is 27.9 Å². The molecule has 1 amide bonds. The highest BCUT2D eigenvalue weighted by Crippen LogP contribution is 2.25. The third kappa shape index (κ3) is 5.09. The summed E-state index contributed by atoms with van der Waals surface area (Å²) >= 11 is 11.7. The van der Waals surface area contributed by atoms with E-state index in [1.807, 2.05) is 0 Å². The minimum Gasteiger partial charge on any atom is -0.459 e. The van der Waals surface area contributed by atoms with E-state index in [1.165, 1.54) is 6.07 Å². The smallest absolute Gasteiger partial charge is 0.325 e. The van der Waals surface area contributed by atoms with Gasteiger partial charge < -0.3 is 10.1 Å². The Bertz CT molecular complexity index is 495. The fraction of sp³-hybridized carbons (Fsp3) is 0.385. The Labute approximate surface area is 122 Å². The van der Waals surface area contributed by atoms with Crippen LogP contribution in [-0.4, -0.2) is 24.0 Å². The highest BCUT2D eigenvalue weighted by Gasteiger charge is 2.18. The van der Waals surface area contributed by atoms with E-state index >= 15 is 0 Å². The van der Waals surface area contributed by atoms with E-state index in [2.05, 4.69) is 5.32 Å². The fourth-order valence-corrected chi connectivity index (χ4v) is 1.69. The molecule has 1 aromatic rings. The number of esters is 1. The molecule has 0 saturated heterocycles. The molecule has 104 valence electrons. The number of nitrogens with one attached hydrogen (secondary N) is 1. The Morgan fingerprint density at radius 2 is 1.89 bits per heavy atom. The van der Waals surface area contributed by atoms with Crippen LogP contribution in [-0.2, 0) is 9.53 Å². The van der Waals surface area contributed by atoms with E-state index in [0.717, 1.165) is 0 Å². The summed E-state index contributed by atoms with van der Waals surface area (Å²) in [6.07, 6.45) is 0. The molecular weight excluding hydrogens is 289 g/mol. The molecule has 0 bridgehead atoms. The van der Waals surface area contributed by atoms with Crippen LogP contribution in [0.1, 0.15) is 31.1 Å². The fourth-order valence-electron chi connectivity index (χ4n) is 1.30. The third-order valence-electron chi connectivity index (χ3n) is 2.01. The Morgan fingerprint density at radius 1 is 1.26 bits per heavy atom. The van der Waals surface area contributed by atoms with Crippen LogP contribution < -0.4 is 5.32 Å². The molecular formula is C13H15Cl2NO3. The Morgan fingerprint density at radius 3 is 2.47 bits per heavy atom. The van der Waals surface area contributed by atoms with Gasteiger partial charge in [-0.05, 0) is 32.9 Å². The third-order valence-corrected chi connectivity index (χ3v) is 2.83. The first-order valence-electron chi connectivity index (χ1n) is 5.65. The summed E-state index contributed by atoms with van der Waals surface area (Å²) in [6.45, 7) is 5.03. The zero-order valence-corrected chi connectivity index (χ0v) is 12.4. The molecule has 1 N–H and O–H groups in total. The van der Waals surface area contributed by atoms with Gasteiger partial charge in [-0.1, -0.05) is 29.3 Å². The Balaban J connectivity index is 2.61. The van der Waals surface area contributed by atoms with Crippen molar-refractivity contribution in [3.63, 3.8) is 0 Å². The molecule has 0 fully saturated rings. The van der Waals surface area contributed by atoms with Crippen LogP contribution in [0.3, 0.4) is 0 Å². The summed E-state index contributed by atoms with van der Waals surface area (Å²) < 4.78 is 5.07. The molecule has 0 atom stereocenters. The predicted octanol–water partition coefficient (Wildman–Crippen LogP) is 3.06. The molecule has 0 aliphatic carbocycles. The molecule has 0 spiro atoms. The lowest BCUT2D eigenvalue weighted by Crippen LogP contribution is -2.34. The molecule has 6 heteroatoms. The summed E-state index contributed by atoms with van der Waals surface area (Å²) in [4.78, 5) is 23.3.